The summed E-state index contributed by atoms with van der Waals surface area (Å²) in [6.45, 7) is 1.34. The molecule has 0 fully saturated rings. The second kappa shape index (κ2) is 7.56. The summed E-state index contributed by atoms with van der Waals surface area (Å²) in [7, 11) is 1.57. The van der Waals surface area contributed by atoms with Gasteiger partial charge in [0.05, 0.1) is 18.5 Å². The van der Waals surface area contributed by atoms with E-state index in [0.29, 0.717) is 17.1 Å². The molecule has 2 aromatic carbocycles. The van der Waals surface area contributed by atoms with E-state index in [2.05, 4.69) is 20.6 Å². The largest absolute Gasteiger partial charge is 0.497 e. The molecule has 8 heteroatoms. The standard InChI is InChI=1S/C18H17N5O3/c1-12(24)19-17-16(21-20-13-8-10-15(26-2)11-9-13)18(25)23(22-17)14-6-4-3-5-7-14/h3-11,16H,1-2H3,(H,19,22,24)/t16-/m0/s1. The SMILES string of the molecule is COc1ccc(N=N[C@@H]2C(=O)N(c3ccccc3)N=C2NC(C)=O)cc1. The first kappa shape index (κ1) is 17.3. The molecule has 0 spiro atoms. The van der Waals surface area contributed by atoms with Crippen molar-refractivity contribution in [2.45, 2.75) is 13.0 Å². The van der Waals surface area contributed by atoms with E-state index in [1.807, 2.05) is 6.07 Å². The predicted molar refractivity (Wildman–Crippen MR) is 96.5 cm³/mol. The maximum Gasteiger partial charge on any atom is 0.282 e. The summed E-state index contributed by atoms with van der Waals surface area (Å²) in [6, 6.07) is 14.8. The number of rotatable bonds is 4. The minimum Gasteiger partial charge on any atom is -0.497 e. The van der Waals surface area contributed by atoms with E-state index in [4.69, 9.17) is 4.74 Å². The van der Waals surface area contributed by atoms with Gasteiger partial charge in [-0.05, 0) is 36.4 Å². The van der Waals surface area contributed by atoms with Gasteiger partial charge >= 0.3 is 0 Å². The van der Waals surface area contributed by atoms with Crippen molar-refractivity contribution in [2.24, 2.45) is 15.3 Å². The third kappa shape index (κ3) is 3.75. The van der Waals surface area contributed by atoms with Crippen molar-refractivity contribution < 1.29 is 14.3 Å². The van der Waals surface area contributed by atoms with Gasteiger partial charge in [0.1, 0.15) is 5.75 Å². The van der Waals surface area contributed by atoms with Crippen molar-refractivity contribution >= 4 is 29.0 Å². The minimum absolute atomic E-state index is 0.142. The van der Waals surface area contributed by atoms with Crippen LogP contribution in [0.3, 0.4) is 0 Å². The number of methoxy groups -OCH3 is 1. The van der Waals surface area contributed by atoms with Gasteiger partial charge in [-0.15, -0.1) is 5.10 Å². The average molecular weight is 351 g/mol. The highest BCUT2D eigenvalue weighted by Crippen LogP contribution is 2.23. The van der Waals surface area contributed by atoms with E-state index in [-0.39, 0.29) is 11.7 Å². The van der Waals surface area contributed by atoms with Crippen LogP contribution in [0.25, 0.3) is 0 Å². The molecule has 1 atom stereocenters. The number of para-hydroxylation sites is 1. The molecule has 132 valence electrons. The van der Waals surface area contributed by atoms with Crippen LogP contribution in [0.2, 0.25) is 0 Å². The summed E-state index contributed by atoms with van der Waals surface area (Å²) < 4.78 is 5.09. The molecule has 0 unspecified atom stereocenters. The Morgan fingerprint density at radius 3 is 2.46 bits per heavy atom. The van der Waals surface area contributed by atoms with Gasteiger partial charge < -0.3 is 10.1 Å². The Kier molecular flexibility index (Phi) is 5.02. The average Bonchev–Trinajstić information content (AvgIpc) is 2.96. The van der Waals surface area contributed by atoms with Crippen molar-refractivity contribution in [1.29, 1.82) is 0 Å². The fourth-order valence-corrected chi connectivity index (χ4v) is 2.35. The first-order valence-corrected chi connectivity index (χ1v) is 7.88. The number of carbonyl (C=O) groups excluding carboxylic acids is 2. The van der Waals surface area contributed by atoms with Crippen LogP contribution in [-0.2, 0) is 9.59 Å². The molecule has 2 amide bonds. The van der Waals surface area contributed by atoms with Gasteiger partial charge in [-0.3, -0.25) is 9.59 Å². The Hall–Kier alpha value is -3.55. The van der Waals surface area contributed by atoms with E-state index < -0.39 is 11.9 Å². The topological polar surface area (TPSA) is 95.7 Å². The molecular weight excluding hydrogens is 334 g/mol. The number of hydrazone groups is 1. The Morgan fingerprint density at radius 1 is 1.15 bits per heavy atom. The minimum atomic E-state index is -1.01. The van der Waals surface area contributed by atoms with Gasteiger partial charge in [-0.2, -0.15) is 15.2 Å². The lowest BCUT2D eigenvalue weighted by Gasteiger charge is -2.11. The number of nitrogens with one attached hydrogen (secondary N) is 1. The van der Waals surface area contributed by atoms with Crippen LogP contribution in [0.1, 0.15) is 6.92 Å². The highest BCUT2D eigenvalue weighted by molar-refractivity contribution is 6.21. The Morgan fingerprint density at radius 2 is 1.85 bits per heavy atom. The van der Waals surface area contributed by atoms with Gasteiger partial charge in [0.15, 0.2) is 5.84 Å². The molecule has 0 saturated carbocycles. The lowest BCUT2D eigenvalue weighted by Crippen LogP contribution is -2.38. The van der Waals surface area contributed by atoms with E-state index in [9.17, 15) is 9.59 Å². The summed E-state index contributed by atoms with van der Waals surface area (Å²) in [6.07, 6.45) is 0. The number of amidine groups is 1. The molecule has 1 heterocycles. The molecule has 0 radical (unpaired) electrons. The number of azo groups is 1. The summed E-state index contributed by atoms with van der Waals surface area (Å²) in [4.78, 5) is 24.1. The van der Waals surface area contributed by atoms with Crippen LogP contribution in [0.5, 0.6) is 5.75 Å². The fraction of sp³-hybridized carbons (Fsp3) is 0.167. The Bertz CT molecular complexity index is 862. The summed E-state index contributed by atoms with van der Waals surface area (Å²) in [5.74, 6) is 0.105. The number of hydrogen-bond donors (Lipinski definition) is 1. The van der Waals surface area contributed by atoms with Crippen LogP contribution >= 0.6 is 0 Å². The maximum atomic E-state index is 12.7. The molecule has 1 aliphatic heterocycles. The number of amides is 2. The van der Waals surface area contributed by atoms with Crippen LogP contribution in [0.4, 0.5) is 11.4 Å². The van der Waals surface area contributed by atoms with Gasteiger partial charge in [-0.1, -0.05) is 18.2 Å². The van der Waals surface area contributed by atoms with E-state index in [1.54, 1.807) is 55.6 Å². The molecule has 8 nitrogen and oxygen atoms in total. The first-order chi connectivity index (χ1) is 12.6. The van der Waals surface area contributed by atoms with Crippen LogP contribution in [-0.4, -0.2) is 30.8 Å². The lowest BCUT2D eigenvalue weighted by molar-refractivity contribution is -0.117. The summed E-state index contributed by atoms with van der Waals surface area (Å²) in [5.41, 5.74) is 1.14. The summed E-state index contributed by atoms with van der Waals surface area (Å²) in [5, 5.41) is 16.1. The quantitative estimate of drug-likeness (QED) is 0.858. The first-order valence-electron chi connectivity index (χ1n) is 7.88. The number of anilines is 1. The molecule has 2 aromatic rings. The number of carbonyl (C=O) groups is 2. The van der Waals surface area contributed by atoms with Gasteiger partial charge in [0.25, 0.3) is 5.91 Å². The zero-order valence-electron chi connectivity index (χ0n) is 14.3. The third-order valence-corrected chi connectivity index (χ3v) is 3.58. The van der Waals surface area contributed by atoms with Crippen LogP contribution in [0.15, 0.2) is 69.9 Å². The normalized spacial score (nSPS) is 16.7. The highest BCUT2D eigenvalue weighted by Gasteiger charge is 2.37. The third-order valence-electron chi connectivity index (χ3n) is 3.58. The monoisotopic (exact) mass is 351 g/mol. The Balaban J connectivity index is 1.86. The predicted octanol–water partition coefficient (Wildman–Crippen LogP) is 2.64. The molecule has 1 N–H and O–H groups in total. The van der Waals surface area contributed by atoms with E-state index >= 15 is 0 Å². The van der Waals surface area contributed by atoms with Crippen LogP contribution in [0, 0.1) is 0 Å². The second-order valence-corrected chi connectivity index (χ2v) is 5.47. The highest BCUT2D eigenvalue weighted by atomic mass is 16.5. The molecule has 0 aromatic heterocycles. The molecule has 26 heavy (non-hydrogen) atoms. The van der Waals surface area contributed by atoms with Crippen molar-refractivity contribution in [3.05, 3.63) is 54.6 Å². The van der Waals surface area contributed by atoms with Gasteiger partial charge in [0.2, 0.25) is 11.9 Å². The Labute approximate surface area is 150 Å². The molecule has 0 bridgehead atoms. The number of hydrogen-bond acceptors (Lipinski definition) is 6. The number of nitrogens with zero attached hydrogens (tertiary/aromatic N) is 4. The van der Waals surface area contributed by atoms with Crippen LogP contribution < -0.4 is 15.1 Å². The van der Waals surface area contributed by atoms with Gasteiger partial charge in [-0.25, -0.2) is 0 Å². The molecule has 0 saturated heterocycles. The summed E-state index contributed by atoms with van der Waals surface area (Å²) >= 11 is 0. The molecule has 1 aliphatic rings. The van der Waals surface area contributed by atoms with Crippen molar-refractivity contribution in [1.82, 2.24) is 5.32 Å². The van der Waals surface area contributed by atoms with E-state index in [1.165, 1.54) is 11.9 Å². The van der Waals surface area contributed by atoms with Crippen molar-refractivity contribution in [2.75, 3.05) is 12.1 Å². The fourth-order valence-electron chi connectivity index (χ4n) is 2.35. The molecular formula is C18H17N5O3. The zero-order valence-corrected chi connectivity index (χ0v) is 14.3. The van der Waals surface area contributed by atoms with Crippen molar-refractivity contribution in [3.63, 3.8) is 0 Å². The van der Waals surface area contributed by atoms with Crippen molar-refractivity contribution in [3.8, 4) is 5.75 Å². The number of benzene rings is 2. The molecule has 0 aliphatic carbocycles. The lowest BCUT2D eigenvalue weighted by atomic mass is 10.2. The number of ether oxygens (including phenoxy) is 1. The zero-order chi connectivity index (χ0) is 18.5. The maximum absolute atomic E-state index is 12.7. The van der Waals surface area contributed by atoms with Gasteiger partial charge in [0, 0.05) is 6.92 Å². The second-order valence-electron chi connectivity index (χ2n) is 5.47. The van der Waals surface area contributed by atoms with E-state index in [0.717, 1.165) is 0 Å². The molecule has 3 rings (SSSR count). The smallest absolute Gasteiger partial charge is 0.282 e.